The highest BCUT2D eigenvalue weighted by Gasteiger charge is 2.51. The Morgan fingerprint density at radius 3 is 1.55 bits per heavy atom. The van der Waals surface area contributed by atoms with Gasteiger partial charge in [-0.3, -0.25) is 4.98 Å². The van der Waals surface area contributed by atoms with Crippen LogP contribution in [0.25, 0.3) is 34.3 Å². The number of aromatic nitrogens is 4. The van der Waals surface area contributed by atoms with Crippen molar-refractivity contribution < 1.29 is 9.31 Å². The normalized spacial score (nSPS) is 16.7. The number of benzene rings is 2. The van der Waals surface area contributed by atoms with Gasteiger partial charge in [0, 0.05) is 22.8 Å². The first-order valence-corrected chi connectivity index (χ1v) is 11.0. The van der Waals surface area contributed by atoms with Crippen LogP contribution in [0.5, 0.6) is 0 Å². The van der Waals surface area contributed by atoms with Gasteiger partial charge in [0.1, 0.15) is 5.69 Å². The predicted molar refractivity (Wildman–Crippen MR) is 130 cm³/mol. The van der Waals surface area contributed by atoms with E-state index in [1.165, 1.54) is 0 Å². The van der Waals surface area contributed by atoms with E-state index < -0.39 is 18.3 Å². The van der Waals surface area contributed by atoms with Gasteiger partial charge >= 0.3 is 7.12 Å². The lowest BCUT2D eigenvalue weighted by Crippen LogP contribution is -2.41. The first-order valence-electron chi connectivity index (χ1n) is 11.0. The van der Waals surface area contributed by atoms with E-state index in [1.54, 1.807) is 6.20 Å². The first kappa shape index (κ1) is 21.4. The first-order chi connectivity index (χ1) is 15.8. The van der Waals surface area contributed by atoms with Crippen LogP contribution in [0.3, 0.4) is 0 Å². The van der Waals surface area contributed by atoms with Crippen LogP contribution < -0.4 is 5.46 Å². The highest BCUT2D eigenvalue weighted by Crippen LogP contribution is 2.36. The monoisotopic (exact) mass is 436 g/mol. The van der Waals surface area contributed by atoms with E-state index in [1.807, 2.05) is 100 Å². The van der Waals surface area contributed by atoms with Gasteiger partial charge in [0.25, 0.3) is 0 Å². The molecule has 0 bridgehead atoms. The third-order valence-corrected chi connectivity index (χ3v) is 6.24. The average molecular weight is 436 g/mol. The van der Waals surface area contributed by atoms with Gasteiger partial charge in [-0.25, -0.2) is 15.0 Å². The number of nitrogens with zero attached hydrogens (tertiary/aromatic N) is 4. The fourth-order valence-corrected chi connectivity index (χ4v) is 3.58. The Hall–Kier alpha value is -3.42. The second-order valence-electron chi connectivity index (χ2n) is 9.10. The molecule has 164 valence electrons. The number of hydrogen-bond acceptors (Lipinski definition) is 6. The van der Waals surface area contributed by atoms with Crippen molar-refractivity contribution in [1.29, 1.82) is 0 Å². The standard InChI is InChI=1S/C26H25BN4O2/c1-25(2)26(3,4)33-27(32-25)20-15-16-21(28-17-20)24-30-22(18-11-7-5-8-12-18)29-23(31-24)19-13-9-6-10-14-19/h5-17H,1-4H3. The maximum Gasteiger partial charge on any atom is 0.496 e. The lowest BCUT2D eigenvalue weighted by molar-refractivity contribution is 0.00578. The maximum absolute atomic E-state index is 6.15. The predicted octanol–water partition coefficient (Wildman–Crippen LogP) is 4.57. The van der Waals surface area contributed by atoms with Crippen LogP contribution in [0, 0.1) is 0 Å². The quantitative estimate of drug-likeness (QED) is 0.437. The molecule has 7 heteroatoms. The zero-order valence-electron chi connectivity index (χ0n) is 19.2. The molecule has 1 saturated heterocycles. The van der Waals surface area contributed by atoms with E-state index >= 15 is 0 Å². The van der Waals surface area contributed by atoms with Crippen molar-refractivity contribution in [2.75, 3.05) is 0 Å². The molecule has 1 fully saturated rings. The molecule has 5 rings (SSSR count). The van der Waals surface area contributed by atoms with Crippen LogP contribution in [0.4, 0.5) is 0 Å². The molecule has 2 aromatic heterocycles. The Bertz CT molecular complexity index is 1190. The van der Waals surface area contributed by atoms with E-state index in [-0.39, 0.29) is 0 Å². The molecule has 6 nitrogen and oxygen atoms in total. The molecule has 33 heavy (non-hydrogen) atoms. The smallest absolute Gasteiger partial charge is 0.399 e. The van der Waals surface area contributed by atoms with Gasteiger partial charge < -0.3 is 9.31 Å². The zero-order chi connectivity index (χ0) is 23.1. The molecule has 0 spiro atoms. The van der Waals surface area contributed by atoms with Gasteiger partial charge in [0.05, 0.1) is 11.2 Å². The number of hydrogen-bond donors (Lipinski definition) is 0. The summed E-state index contributed by atoms with van der Waals surface area (Å²) in [7, 11) is -0.463. The van der Waals surface area contributed by atoms with E-state index in [9.17, 15) is 0 Å². The lowest BCUT2D eigenvalue weighted by Gasteiger charge is -2.32. The Morgan fingerprint density at radius 1 is 0.606 bits per heavy atom. The van der Waals surface area contributed by atoms with Crippen LogP contribution in [0.1, 0.15) is 27.7 Å². The summed E-state index contributed by atoms with van der Waals surface area (Å²) in [5, 5.41) is 0. The lowest BCUT2D eigenvalue weighted by atomic mass is 9.80. The molecule has 0 amide bonds. The minimum atomic E-state index is -0.463. The van der Waals surface area contributed by atoms with Crippen molar-refractivity contribution in [1.82, 2.24) is 19.9 Å². The Kier molecular flexibility index (Phi) is 5.31. The zero-order valence-corrected chi connectivity index (χ0v) is 19.2. The van der Waals surface area contributed by atoms with Gasteiger partial charge in [-0.1, -0.05) is 66.7 Å². The van der Waals surface area contributed by atoms with Gasteiger partial charge in [-0.05, 0) is 33.8 Å². The van der Waals surface area contributed by atoms with Crippen LogP contribution in [0.2, 0.25) is 0 Å². The van der Waals surface area contributed by atoms with Gasteiger partial charge in [0.2, 0.25) is 0 Å². The van der Waals surface area contributed by atoms with Crippen molar-refractivity contribution >= 4 is 12.6 Å². The van der Waals surface area contributed by atoms with E-state index in [0.29, 0.717) is 23.2 Å². The average Bonchev–Trinajstić information content (AvgIpc) is 3.07. The Morgan fingerprint density at radius 2 is 1.09 bits per heavy atom. The molecule has 0 atom stereocenters. The van der Waals surface area contributed by atoms with Crippen molar-refractivity contribution in [3.63, 3.8) is 0 Å². The summed E-state index contributed by atoms with van der Waals surface area (Å²) in [5.74, 6) is 1.73. The van der Waals surface area contributed by atoms with Crippen molar-refractivity contribution in [3.8, 4) is 34.3 Å². The van der Waals surface area contributed by atoms with Gasteiger partial charge in [0.15, 0.2) is 17.5 Å². The topological polar surface area (TPSA) is 70.0 Å². The highest BCUT2D eigenvalue weighted by molar-refractivity contribution is 6.62. The molecule has 2 aromatic carbocycles. The fourth-order valence-electron chi connectivity index (χ4n) is 3.58. The summed E-state index contributed by atoms with van der Waals surface area (Å²) in [6.07, 6.45) is 1.77. The van der Waals surface area contributed by atoms with Gasteiger partial charge in [-0.15, -0.1) is 0 Å². The summed E-state index contributed by atoms with van der Waals surface area (Å²) in [6.45, 7) is 8.15. The summed E-state index contributed by atoms with van der Waals surface area (Å²) in [5.41, 5.74) is 2.56. The largest absolute Gasteiger partial charge is 0.496 e. The molecule has 0 unspecified atom stereocenters. The molecule has 4 aromatic rings. The number of rotatable bonds is 4. The molecule has 3 heterocycles. The second-order valence-corrected chi connectivity index (χ2v) is 9.10. The SMILES string of the molecule is CC1(C)OB(c2ccc(-c3nc(-c4ccccc4)nc(-c4ccccc4)n3)nc2)OC1(C)C. The van der Waals surface area contributed by atoms with E-state index in [0.717, 1.165) is 16.6 Å². The summed E-state index contributed by atoms with van der Waals surface area (Å²) < 4.78 is 12.3. The summed E-state index contributed by atoms with van der Waals surface area (Å²) >= 11 is 0. The molecule has 1 aliphatic heterocycles. The maximum atomic E-state index is 6.15. The number of pyridine rings is 1. The van der Waals surface area contributed by atoms with E-state index in [4.69, 9.17) is 24.3 Å². The van der Waals surface area contributed by atoms with Crippen LogP contribution >= 0.6 is 0 Å². The minimum Gasteiger partial charge on any atom is -0.399 e. The molecular weight excluding hydrogens is 411 g/mol. The molecule has 0 aliphatic carbocycles. The summed E-state index contributed by atoms with van der Waals surface area (Å²) in [6, 6.07) is 23.6. The molecule has 0 radical (unpaired) electrons. The summed E-state index contributed by atoms with van der Waals surface area (Å²) in [4.78, 5) is 18.8. The second kappa shape index (κ2) is 8.17. The molecule has 1 aliphatic rings. The molecule has 0 N–H and O–H groups in total. The molecular formula is C26H25BN4O2. The minimum absolute atomic E-state index is 0.403. The highest BCUT2D eigenvalue weighted by atomic mass is 16.7. The third-order valence-electron chi connectivity index (χ3n) is 6.24. The van der Waals surface area contributed by atoms with Crippen LogP contribution in [-0.4, -0.2) is 38.3 Å². The van der Waals surface area contributed by atoms with E-state index in [2.05, 4.69) is 4.98 Å². The van der Waals surface area contributed by atoms with Crippen LogP contribution in [0.15, 0.2) is 79.0 Å². The Balaban J connectivity index is 1.52. The molecule has 0 saturated carbocycles. The third kappa shape index (κ3) is 4.17. The van der Waals surface area contributed by atoms with Crippen molar-refractivity contribution in [3.05, 3.63) is 79.0 Å². The Labute approximate surface area is 194 Å². The van der Waals surface area contributed by atoms with Gasteiger partial charge in [-0.2, -0.15) is 0 Å². The van der Waals surface area contributed by atoms with Crippen LogP contribution in [-0.2, 0) is 9.31 Å². The van der Waals surface area contributed by atoms with Crippen molar-refractivity contribution in [2.45, 2.75) is 38.9 Å². The van der Waals surface area contributed by atoms with Crippen molar-refractivity contribution in [2.24, 2.45) is 0 Å². The fraction of sp³-hybridized carbons (Fsp3) is 0.231.